The van der Waals surface area contributed by atoms with Crippen LogP contribution < -0.4 is 10.6 Å². The lowest BCUT2D eigenvalue weighted by molar-refractivity contribution is -0.148. The molecular weight excluding hydrogens is 590 g/mol. The van der Waals surface area contributed by atoms with Crippen molar-refractivity contribution in [2.45, 2.75) is 49.9 Å². The fourth-order valence-corrected chi connectivity index (χ4v) is 6.14. The quantitative estimate of drug-likeness (QED) is 0.180. The van der Waals surface area contributed by atoms with Gasteiger partial charge in [-0.1, -0.05) is 55.1 Å². The molecule has 0 saturated carbocycles. The average molecular weight is 632 g/mol. The van der Waals surface area contributed by atoms with E-state index in [1.807, 2.05) is 65.8 Å². The van der Waals surface area contributed by atoms with Crippen LogP contribution in [0.4, 0.5) is 0 Å². The van der Waals surface area contributed by atoms with Gasteiger partial charge < -0.3 is 30.3 Å². The molecule has 0 aliphatic carbocycles. The topological polar surface area (TPSA) is 135 Å². The SMILES string of the molecule is C=CN(C(=O)[C@@H](Cc1ccc2ccccc2c1)N(C)C(=O)COC[C@H]1CCCN1)[C@H](Cc1cccs1)C(=O)NC[C@H](O)C=C=N. The molecule has 4 N–H and O–H groups in total. The number of ether oxygens (including phenoxy) is 1. The third kappa shape index (κ3) is 9.43. The zero-order chi connectivity index (χ0) is 32.2. The second-order valence-corrected chi connectivity index (χ2v) is 12.1. The van der Waals surface area contributed by atoms with E-state index in [4.69, 9.17) is 10.1 Å². The minimum atomic E-state index is -1.11. The number of carbonyl (C=O) groups excluding carboxylic acids is 3. The third-order valence-corrected chi connectivity index (χ3v) is 8.82. The summed E-state index contributed by atoms with van der Waals surface area (Å²) >= 11 is 1.45. The molecule has 2 aromatic carbocycles. The fraction of sp³-hybridized carbons (Fsp3) is 0.382. The molecule has 1 aliphatic heterocycles. The van der Waals surface area contributed by atoms with Crippen molar-refractivity contribution in [3.8, 4) is 0 Å². The standard InChI is InChI=1S/C34H41N5O5S/c1-3-39(30(20-29-11-7-17-45-29)33(42)37-21-28(40)14-15-35)34(43)31(19-24-12-13-25-8-4-5-9-26(25)18-24)38(2)32(41)23-44-22-27-10-6-16-36-27/h3-5,7-9,11-14,17-18,27-28,30-31,35-36,40H,1,6,10,16,19-23H2,2H3,(H,37,42)/t27-,28-,30-,31-/m1/s1. The van der Waals surface area contributed by atoms with E-state index in [2.05, 4.69) is 17.2 Å². The summed E-state index contributed by atoms with van der Waals surface area (Å²) < 4.78 is 5.75. The van der Waals surface area contributed by atoms with Crippen molar-refractivity contribution in [2.24, 2.45) is 0 Å². The Morgan fingerprint density at radius 2 is 1.98 bits per heavy atom. The minimum Gasteiger partial charge on any atom is -0.386 e. The average Bonchev–Trinajstić information content (AvgIpc) is 3.77. The Labute approximate surface area is 267 Å². The van der Waals surface area contributed by atoms with Gasteiger partial charge in [-0.15, -0.1) is 11.3 Å². The van der Waals surface area contributed by atoms with Crippen LogP contribution >= 0.6 is 11.3 Å². The molecular formula is C34H41N5O5S. The number of amides is 3. The maximum atomic E-state index is 14.4. The van der Waals surface area contributed by atoms with Crippen molar-refractivity contribution in [1.29, 1.82) is 5.41 Å². The first-order chi connectivity index (χ1) is 21.8. The van der Waals surface area contributed by atoms with E-state index in [-0.39, 0.29) is 37.9 Å². The smallest absolute Gasteiger partial charge is 0.250 e. The summed E-state index contributed by atoms with van der Waals surface area (Å²) in [7, 11) is 1.58. The van der Waals surface area contributed by atoms with Gasteiger partial charge in [0.25, 0.3) is 0 Å². The van der Waals surface area contributed by atoms with Gasteiger partial charge in [0.2, 0.25) is 17.7 Å². The van der Waals surface area contributed by atoms with Crippen molar-refractivity contribution >= 4 is 45.7 Å². The lowest BCUT2D eigenvalue weighted by Gasteiger charge is -2.35. The number of fused-ring (bicyclic) bond motifs is 1. The number of likely N-dealkylation sites (N-methyl/N-ethyl adjacent to an activating group) is 1. The lowest BCUT2D eigenvalue weighted by Crippen LogP contribution is -2.56. The van der Waals surface area contributed by atoms with Crippen LogP contribution in [0.3, 0.4) is 0 Å². The van der Waals surface area contributed by atoms with E-state index in [9.17, 15) is 19.5 Å². The predicted molar refractivity (Wildman–Crippen MR) is 176 cm³/mol. The maximum absolute atomic E-state index is 14.4. The number of nitrogens with one attached hydrogen (secondary N) is 3. The molecule has 0 spiro atoms. The molecule has 45 heavy (non-hydrogen) atoms. The molecule has 1 aliphatic rings. The Balaban J connectivity index is 1.60. The summed E-state index contributed by atoms with van der Waals surface area (Å²) in [5.41, 5.74) is 0.854. The molecule has 4 rings (SSSR count). The number of thiophene rings is 1. The molecule has 0 radical (unpaired) electrons. The molecule has 4 atom stereocenters. The summed E-state index contributed by atoms with van der Waals surface area (Å²) in [6.07, 6.45) is 3.80. The van der Waals surface area contributed by atoms with Gasteiger partial charge >= 0.3 is 0 Å². The third-order valence-electron chi connectivity index (χ3n) is 7.92. The van der Waals surface area contributed by atoms with Crippen LogP contribution in [0.2, 0.25) is 0 Å². The van der Waals surface area contributed by atoms with Crippen LogP contribution in [-0.2, 0) is 32.0 Å². The summed E-state index contributed by atoms with van der Waals surface area (Å²) in [4.78, 5) is 44.9. The Kier molecular flexibility index (Phi) is 12.6. The second-order valence-electron chi connectivity index (χ2n) is 11.1. The fourth-order valence-electron chi connectivity index (χ4n) is 5.40. The largest absolute Gasteiger partial charge is 0.386 e. The van der Waals surface area contributed by atoms with Gasteiger partial charge in [-0.2, -0.15) is 0 Å². The van der Waals surface area contributed by atoms with Crippen molar-refractivity contribution in [3.63, 3.8) is 0 Å². The zero-order valence-electron chi connectivity index (χ0n) is 25.5. The number of nitrogens with zero attached hydrogens (tertiary/aromatic N) is 2. The van der Waals surface area contributed by atoms with E-state index in [0.29, 0.717) is 6.61 Å². The molecule has 238 valence electrons. The van der Waals surface area contributed by atoms with E-state index in [0.717, 1.165) is 46.7 Å². The first kappa shape index (κ1) is 33.8. The van der Waals surface area contributed by atoms with Gasteiger partial charge in [-0.25, -0.2) is 0 Å². The molecule has 11 heteroatoms. The number of hydrogen-bond donors (Lipinski definition) is 4. The molecule has 2 heterocycles. The molecule has 0 bridgehead atoms. The number of hydrogen-bond acceptors (Lipinski definition) is 8. The van der Waals surface area contributed by atoms with Crippen LogP contribution in [0.1, 0.15) is 23.3 Å². The van der Waals surface area contributed by atoms with Gasteiger partial charge in [0.05, 0.1) is 12.7 Å². The zero-order valence-corrected chi connectivity index (χ0v) is 26.3. The Morgan fingerprint density at radius 3 is 2.67 bits per heavy atom. The highest BCUT2D eigenvalue weighted by Gasteiger charge is 2.36. The van der Waals surface area contributed by atoms with Crippen molar-refractivity contribution in [1.82, 2.24) is 20.4 Å². The van der Waals surface area contributed by atoms with Crippen LogP contribution in [0, 0.1) is 5.41 Å². The summed E-state index contributed by atoms with van der Waals surface area (Å²) in [6.45, 7) is 4.87. The molecule has 10 nitrogen and oxygen atoms in total. The van der Waals surface area contributed by atoms with E-state index in [1.54, 1.807) is 7.05 Å². The van der Waals surface area contributed by atoms with Crippen molar-refractivity contribution in [3.05, 3.63) is 89.3 Å². The van der Waals surface area contributed by atoms with Gasteiger partial charge in [-0.3, -0.25) is 19.8 Å². The van der Waals surface area contributed by atoms with Crippen LogP contribution in [0.25, 0.3) is 10.8 Å². The van der Waals surface area contributed by atoms with E-state index < -0.39 is 30.0 Å². The molecule has 3 amide bonds. The predicted octanol–water partition coefficient (Wildman–Crippen LogP) is 2.90. The number of aliphatic hydroxyl groups excluding tert-OH is 1. The summed E-state index contributed by atoms with van der Waals surface area (Å²) in [6, 6.07) is 15.8. The monoisotopic (exact) mass is 631 g/mol. The normalized spacial score (nSPS) is 16.3. The Bertz CT molecular complexity index is 1500. The van der Waals surface area contributed by atoms with Crippen molar-refractivity contribution in [2.75, 3.05) is 33.4 Å². The number of aliphatic hydroxyl groups is 1. The molecule has 1 fully saturated rings. The van der Waals surface area contributed by atoms with Gasteiger partial charge in [0.1, 0.15) is 18.7 Å². The number of benzene rings is 2. The Hall–Kier alpha value is -4.12. The summed E-state index contributed by atoms with van der Waals surface area (Å²) in [5, 5.41) is 27.1. The van der Waals surface area contributed by atoms with Gasteiger partial charge in [-0.05, 0) is 53.0 Å². The first-order valence-electron chi connectivity index (χ1n) is 15.0. The number of rotatable bonds is 16. The van der Waals surface area contributed by atoms with E-state index >= 15 is 0 Å². The highest BCUT2D eigenvalue weighted by atomic mass is 32.1. The minimum absolute atomic E-state index is 0.156. The molecule has 1 aromatic heterocycles. The highest BCUT2D eigenvalue weighted by Crippen LogP contribution is 2.22. The van der Waals surface area contributed by atoms with Crippen molar-refractivity contribution < 1.29 is 24.2 Å². The van der Waals surface area contributed by atoms with Crippen LogP contribution in [0.15, 0.2) is 78.8 Å². The van der Waals surface area contributed by atoms with Crippen LogP contribution in [0.5, 0.6) is 0 Å². The van der Waals surface area contributed by atoms with Crippen LogP contribution in [-0.4, -0.2) is 96.1 Å². The number of carbonyl (C=O) groups is 3. The molecule has 1 saturated heterocycles. The lowest BCUT2D eigenvalue weighted by atomic mass is 9.99. The highest BCUT2D eigenvalue weighted by molar-refractivity contribution is 7.09. The van der Waals surface area contributed by atoms with Gasteiger partial charge in [0, 0.05) is 49.6 Å². The first-order valence-corrected chi connectivity index (χ1v) is 15.9. The molecule has 3 aromatic rings. The van der Waals surface area contributed by atoms with Gasteiger partial charge in [0.15, 0.2) is 0 Å². The van der Waals surface area contributed by atoms with E-state index in [1.165, 1.54) is 27.3 Å². The molecule has 0 unspecified atom stereocenters. The summed E-state index contributed by atoms with van der Waals surface area (Å²) in [5.74, 6) is 0.685. The maximum Gasteiger partial charge on any atom is 0.250 e. The second kappa shape index (κ2) is 16.8. The Morgan fingerprint density at radius 1 is 1.18 bits per heavy atom.